The Morgan fingerprint density at radius 1 is 1.20 bits per heavy atom. The largest absolute Gasteiger partial charge is 0.493 e. The number of hydrogen-bond acceptors (Lipinski definition) is 4. The molecule has 30 heavy (non-hydrogen) atoms. The van der Waals surface area contributed by atoms with E-state index in [0.717, 1.165) is 34.3 Å². The minimum atomic E-state index is -0.493. The molecule has 2 aromatic carbocycles. The molecule has 0 unspecified atom stereocenters. The molecule has 0 saturated heterocycles. The van der Waals surface area contributed by atoms with E-state index in [0.29, 0.717) is 36.9 Å². The summed E-state index contributed by atoms with van der Waals surface area (Å²) in [5.74, 6) is 1.31. The van der Waals surface area contributed by atoms with Gasteiger partial charge in [0.05, 0.1) is 30.0 Å². The number of carbonyl (C=O) groups excluding carboxylic acids is 1. The number of nitrogens with zero attached hydrogens (tertiary/aromatic N) is 2. The Hall–Kier alpha value is -3.17. The van der Waals surface area contributed by atoms with Crippen molar-refractivity contribution >= 4 is 34.3 Å². The zero-order valence-electron chi connectivity index (χ0n) is 17.1. The molecule has 156 valence electrons. The highest BCUT2D eigenvalue weighted by molar-refractivity contribution is 6.17. The Morgan fingerprint density at radius 3 is 2.60 bits per heavy atom. The Morgan fingerprint density at radius 2 is 1.97 bits per heavy atom. The molecular weight excluding hydrogens is 402 g/mol. The number of rotatable bonds is 8. The first-order valence-electron chi connectivity index (χ1n) is 9.92. The molecule has 1 aromatic heterocycles. The van der Waals surface area contributed by atoms with Gasteiger partial charge in [0, 0.05) is 29.6 Å². The van der Waals surface area contributed by atoms with Gasteiger partial charge < -0.3 is 14.0 Å². The molecule has 1 amide bonds. The van der Waals surface area contributed by atoms with Crippen molar-refractivity contribution in [2.75, 3.05) is 24.4 Å². The summed E-state index contributed by atoms with van der Waals surface area (Å²) < 4.78 is 12.8. The van der Waals surface area contributed by atoms with Gasteiger partial charge in [-0.2, -0.15) is 5.26 Å². The van der Waals surface area contributed by atoms with E-state index < -0.39 is 6.09 Å². The van der Waals surface area contributed by atoms with Gasteiger partial charge in [-0.25, -0.2) is 4.79 Å². The van der Waals surface area contributed by atoms with Crippen LogP contribution in [0.25, 0.3) is 22.2 Å². The first kappa shape index (κ1) is 21.5. The van der Waals surface area contributed by atoms with Crippen LogP contribution in [0.15, 0.2) is 42.5 Å². The number of alkyl halides is 1. The van der Waals surface area contributed by atoms with Crippen molar-refractivity contribution in [2.24, 2.45) is 0 Å². The number of fused-ring (bicyclic) bond motifs is 1. The molecule has 0 saturated carbocycles. The van der Waals surface area contributed by atoms with Gasteiger partial charge in [-0.05, 0) is 50.1 Å². The molecular formula is C23H24ClN3O3. The topological polar surface area (TPSA) is 76.3 Å². The molecule has 0 fully saturated rings. The summed E-state index contributed by atoms with van der Waals surface area (Å²) >= 11 is 5.73. The number of anilines is 1. The van der Waals surface area contributed by atoms with Gasteiger partial charge >= 0.3 is 6.09 Å². The number of aryl methyl sites for hydroxylation is 1. The molecule has 0 bridgehead atoms. The number of ether oxygens (including phenoxy) is 2. The minimum absolute atomic E-state index is 0.309. The summed E-state index contributed by atoms with van der Waals surface area (Å²) in [5, 5.41) is 13.4. The van der Waals surface area contributed by atoms with Crippen LogP contribution < -0.4 is 10.1 Å². The second-order valence-electron chi connectivity index (χ2n) is 6.57. The summed E-state index contributed by atoms with van der Waals surface area (Å²) in [6.45, 7) is 5.35. The van der Waals surface area contributed by atoms with Gasteiger partial charge in [-0.1, -0.05) is 12.1 Å². The van der Waals surface area contributed by atoms with E-state index in [4.69, 9.17) is 21.1 Å². The lowest BCUT2D eigenvalue weighted by Crippen LogP contribution is -2.13. The highest BCUT2D eigenvalue weighted by atomic mass is 35.5. The van der Waals surface area contributed by atoms with Crippen molar-refractivity contribution in [1.82, 2.24) is 4.57 Å². The van der Waals surface area contributed by atoms with Crippen LogP contribution in [-0.2, 0) is 11.3 Å². The molecule has 3 aromatic rings. The quantitative estimate of drug-likeness (QED) is 0.366. The third kappa shape index (κ3) is 4.52. The fourth-order valence-electron chi connectivity index (χ4n) is 3.40. The third-order valence-corrected chi connectivity index (χ3v) is 4.96. The van der Waals surface area contributed by atoms with Crippen LogP contribution in [0.1, 0.15) is 25.8 Å². The molecule has 0 aliphatic heterocycles. The standard InChI is InChI=1S/C23H24ClN3O3/c1-3-27-21-14-18(30-13-5-12-24)10-11-19(21)20(15-25)22(27)16-6-8-17(9-7-16)26-23(28)29-4-2/h6-11,14H,3-5,12-13H2,1-2H3,(H,26,28). The van der Waals surface area contributed by atoms with Crippen molar-refractivity contribution in [3.63, 3.8) is 0 Å². The van der Waals surface area contributed by atoms with Gasteiger partial charge in [0.1, 0.15) is 11.8 Å². The second-order valence-corrected chi connectivity index (χ2v) is 6.95. The highest BCUT2D eigenvalue weighted by Gasteiger charge is 2.18. The van der Waals surface area contributed by atoms with Crippen LogP contribution in [0.4, 0.5) is 10.5 Å². The van der Waals surface area contributed by atoms with Gasteiger partial charge in [-0.3, -0.25) is 5.32 Å². The molecule has 0 radical (unpaired) electrons. The van der Waals surface area contributed by atoms with Crippen LogP contribution in [0, 0.1) is 11.3 Å². The smallest absolute Gasteiger partial charge is 0.411 e. The number of benzene rings is 2. The number of hydrogen-bond donors (Lipinski definition) is 1. The first-order valence-corrected chi connectivity index (χ1v) is 10.5. The molecule has 0 atom stereocenters. The van der Waals surface area contributed by atoms with Crippen molar-refractivity contribution in [3.05, 3.63) is 48.0 Å². The lowest BCUT2D eigenvalue weighted by atomic mass is 10.1. The molecule has 0 aliphatic rings. The average Bonchev–Trinajstić information content (AvgIpc) is 3.07. The van der Waals surface area contributed by atoms with E-state index >= 15 is 0 Å². The summed E-state index contributed by atoms with van der Waals surface area (Å²) in [6, 6.07) is 15.5. The summed E-state index contributed by atoms with van der Waals surface area (Å²) in [7, 11) is 0. The van der Waals surface area contributed by atoms with Crippen molar-refractivity contribution in [2.45, 2.75) is 26.8 Å². The molecule has 1 N–H and O–H groups in total. The first-order chi connectivity index (χ1) is 14.6. The average molecular weight is 426 g/mol. The van der Waals surface area contributed by atoms with E-state index in [1.807, 2.05) is 37.3 Å². The van der Waals surface area contributed by atoms with Gasteiger partial charge in [0.25, 0.3) is 0 Å². The molecule has 0 spiro atoms. The normalized spacial score (nSPS) is 10.6. The maximum atomic E-state index is 11.6. The minimum Gasteiger partial charge on any atom is -0.493 e. The van der Waals surface area contributed by atoms with Crippen LogP contribution >= 0.6 is 11.6 Å². The van der Waals surface area contributed by atoms with E-state index in [2.05, 4.69) is 16.0 Å². The van der Waals surface area contributed by atoms with Crippen molar-refractivity contribution in [1.29, 1.82) is 5.26 Å². The highest BCUT2D eigenvalue weighted by Crippen LogP contribution is 2.35. The molecule has 1 heterocycles. The van der Waals surface area contributed by atoms with E-state index in [1.54, 1.807) is 19.1 Å². The van der Waals surface area contributed by atoms with E-state index in [-0.39, 0.29) is 0 Å². The van der Waals surface area contributed by atoms with Gasteiger partial charge in [-0.15, -0.1) is 11.6 Å². The monoisotopic (exact) mass is 425 g/mol. The van der Waals surface area contributed by atoms with E-state index in [9.17, 15) is 10.1 Å². The van der Waals surface area contributed by atoms with Crippen LogP contribution in [0.2, 0.25) is 0 Å². The fraction of sp³-hybridized carbons (Fsp3) is 0.304. The summed E-state index contributed by atoms with van der Waals surface area (Å²) in [5.41, 5.74) is 3.93. The fourth-order valence-corrected chi connectivity index (χ4v) is 3.51. The zero-order chi connectivity index (χ0) is 21.5. The van der Waals surface area contributed by atoms with Gasteiger partial charge in [0.15, 0.2) is 0 Å². The van der Waals surface area contributed by atoms with Crippen LogP contribution in [-0.4, -0.2) is 29.8 Å². The summed E-state index contributed by atoms with van der Waals surface area (Å²) in [6.07, 6.45) is 0.280. The lowest BCUT2D eigenvalue weighted by molar-refractivity contribution is 0.168. The van der Waals surface area contributed by atoms with Crippen LogP contribution in [0.5, 0.6) is 5.75 Å². The number of halogens is 1. The van der Waals surface area contributed by atoms with Crippen molar-refractivity contribution in [3.8, 4) is 23.1 Å². The third-order valence-electron chi connectivity index (χ3n) is 4.69. The molecule has 3 rings (SSSR count). The van der Waals surface area contributed by atoms with E-state index in [1.165, 1.54) is 0 Å². The maximum absolute atomic E-state index is 11.6. The molecule has 6 nitrogen and oxygen atoms in total. The van der Waals surface area contributed by atoms with Crippen LogP contribution in [0.3, 0.4) is 0 Å². The lowest BCUT2D eigenvalue weighted by Gasteiger charge is -2.11. The summed E-state index contributed by atoms with van der Waals surface area (Å²) in [4.78, 5) is 11.6. The number of aromatic nitrogens is 1. The Bertz CT molecular complexity index is 1070. The van der Waals surface area contributed by atoms with Gasteiger partial charge in [0.2, 0.25) is 0 Å². The number of carbonyl (C=O) groups is 1. The predicted octanol–water partition coefficient (Wildman–Crippen LogP) is 5.78. The number of amides is 1. The number of nitrogens with one attached hydrogen (secondary N) is 1. The molecule has 0 aliphatic carbocycles. The Labute approximate surface area is 181 Å². The SMILES string of the molecule is CCOC(=O)Nc1ccc(-c2c(C#N)c3ccc(OCCCCl)cc3n2CC)cc1. The zero-order valence-corrected chi connectivity index (χ0v) is 17.8. The van der Waals surface area contributed by atoms with Crippen molar-refractivity contribution < 1.29 is 14.3 Å². The molecule has 7 heteroatoms. The predicted molar refractivity (Wildman–Crippen MR) is 119 cm³/mol. The Balaban J connectivity index is 2.00. The number of nitriles is 1. The Kier molecular flexibility index (Phi) is 7.21. The second kappa shape index (κ2) is 10.0. The maximum Gasteiger partial charge on any atom is 0.411 e.